The number of hydrogen-bond acceptors (Lipinski definition) is 2. The Hall–Kier alpha value is -0.280. The molecule has 0 aromatic heterocycles. The summed E-state index contributed by atoms with van der Waals surface area (Å²) in [5.74, 6) is 0. The standard InChI is InChI=1S/C5H5NS2/c7-5-3-1-2-4-8-6-5/h1-4H,(H,6,7). The molecule has 0 spiro atoms. The highest BCUT2D eigenvalue weighted by atomic mass is 32.2. The van der Waals surface area contributed by atoms with E-state index in [-0.39, 0.29) is 0 Å². The summed E-state index contributed by atoms with van der Waals surface area (Å²) in [6, 6.07) is 0. The molecule has 0 unspecified atom stereocenters. The number of nitrogens with one attached hydrogen (secondary N) is 1. The van der Waals surface area contributed by atoms with Crippen LogP contribution in [-0.4, -0.2) is 4.99 Å². The van der Waals surface area contributed by atoms with Gasteiger partial charge < -0.3 is 4.72 Å². The third kappa shape index (κ3) is 1.68. The number of rotatable bonds is 0. The summed E-state index contributed by atoms with van der Waals surface area (Å²) in [5, 5.41) is 1.94. The fraction of sp³-hybridized carbons (Fsp3) is 0. The van der Waals surface area contributed by atoms with E-state index >= 15 is 0 Å². The Morgan fingerprint density at radius 2 is 2.38 bits per heavy atom. The lowest BCUT2D eigenvalue weighted by molar-refractivity contribution is 1.62. The Morgan fingerprint density at radius 3 is 3.25 bits per heavy atom. The van der Waals surface area contributed by atoms with Crippen molar-refractivity contribution in [3.63, 3.8) is 0 Å². The first-order chi connectivity index (χ1) is 3.89. The van der Waals surface area contributed by atoms with Gasteiger partial charge in [-0.3, -0.25) is 0 Å². The molecule has 3 heteroatoms. The van der Waals surface area contributed by atoms with Crippen molar-refractivity contribution in [1.29, 1.82) is 0 Å². The van der Waals surface area contributed by atoms with Gasteiger partial charge in [-0.15, -0.1) is 0 Å². The predicted molar refractivity (Wildman–Crippen MR) is 41.6 cm³/mol. The Balaban J connectivity index is 2.58. The SMILES string of the molecule is S=C1C=CC=CSN1. The van der Waals surface area contributed by atoms with Gasteiger partial charge >= 0.3 is 0 Å². The lowest BCUT2D eigenvalue weighted by Crippen LogP contribution is -2.06. The maximum Gasteiger partial charge on any atom is 0.109 e. The van der Waals surface area contributed by atoms with Gasteiger partial charge in [0.05, 0.1) is 0 Å². The summed E-state index contributed by atoms with van der Waals surface area (Å²) < 4.78 is 2.92. The zero-order valence-corrected chi connectivity index (χ0v) is 5.76. The maximum absolute atomic E-state index is 4.83. The molecule has 42 valence electrons. The molecule has 1 aliphatic heterocycles. The monoisotopic (exact) mass is 143 g/mol. The Morgan fingerprint density at radius 1 is 1.50 bits per heavy atom. The second-order valence-electron chi connectivity index (χ2n) is 1.27. The van der Waals surface area contributed by atoms with Crippen LogP contribution in [-0.2, 0) is 0 Å². The minimum atomic E-state index is 0.778. The van der Waals surface area contributed by atoms with Crippen LogP contribution in [0.1, 0.15) is 0 Å². The highest BCUT2D eigenvalue weighted by Crippen LogP contribution is 2.00. The number of hydrogen-bond donors (Lipinski definition) is 1. The maximum atomic E-state index is 4.83. The van der Waals surface area contributed by atoms with Crippen LogP contribution in [0.2, 0.25) is 0 Å². The summed E-state index contributed by atoms with van der Waals surface area (Å²) in [5.41, 5.74) is 0. The van der Waals surface area contributed by atoms with Crippen LogP contribution in [0.5, 0.6) is 0 Å². The second kappa shape index (κ2) is 2.89. The summed E-state index contributed by atoms with van der Waals surface area (Å²) in [4.78, 5) is 0.778. The summed E-state index contributed by atoms with van der Waals surface area (Å²) in [6.45, 7) is 0. The van der Waals surface area contributed by atoms with Gasteiger partial charge in [0.25, 0.3) is 0 Å². The molecule has 0 aromatic carbocycles. The van der Waals surface area contributed by atoms with E-state index in [1.165, 1.54) is 11.9 Å². The summed E-state index contributed by atoms with van der Waals surface area (Å²) in [6.07, 6.45) is 5.71. The van der Waals surface area contributed by atoms with Crippen molar-refractivity contribution in [3.05, 3.63) is 23.6 Å². The van der Waals surface area contributed by atoms with Crippen molar-refractivity contribution in [1.82, 2.24) is 4.72 Å². The summed E-state index contributed by atoms with van der Waals surface area (Å²) >= 11 is 6.32. The first-order valence-electron chi connectivity index (χ1n) is 2.18. The Bertz CT molecular complexity index is 149. The average Bonchev–Trinajstić information content (AvgIpc) is 1.94. The van der Waals surface area contributed by atoms with E-state index < -0.39 is 0 Å². The third-order valence-corrected chi connectivity index (χ3v) is 1.66. The van der Waals surface area contributed by atoms with Crippen LogP contribution in [0.15, 0.2) is 23.6 Å². The Labute approximate surface area is 58.0 Å². The third-order valence-electron chi connectivity index (χ3n) is 0.665. The van der Waals surface area contributed by atoms with Crippen LogP contribution in [0.3, 0.4) is 0 Å². The van der Waals surface area contributed by atoms with Gasteiger partial charge in [-0.05, 0) is 23.4 Å². The fourth-order valence-corrected chi connectivity index (χ4v) is 0.998. The van der Waals surface area contributed by atoms with Gasteiger partial charge in [0.2, 0.25) is 0 Å². The van der Waals surface area contributed by atoms with Gasteiger partial charge in [0.15, 0.2) is 0 Å². The molecule has 1 rings (SSSR count). The van der Waals surface area contributed by atoms with Crippen molar-refractivity contribution in [2.75, 3.05) is 0 Å². The lowest BCUT2D eigenvalue weighted by atomic mass is 10.5. The van der Waals surface area contributed by atoms with E-state index in [0.717, 1.165) is 4.99 Å². The van der Waals surface area contributed by atoms with Crippen LogP contribution < -0.4 is 4.72 Å². The molecule has 8 heavy (non-hydrogen) atoms. The van der Waals surface area contributed by atoms with Crippen molar-refractivity contribution < 1.29 is 0 Å². The smallest absolute Gasteiger partial charge is 0.109 e. The largest absolute Gasteiger partial charge is 0.317 e. The molecule has 0 aliphatic carbocycles. The topological polar surface area (TPSA) is 12.0 Å². The molecule has 0 bridgehead atoms. The van der Waals surface area contributed by atoms with E-state index in [0.29, 0.717) is 0 Å². The molecule has 1 N–H and O–H groups in total. The molecule has 0 amide bonds. The van der Waals surface area contributed by atoms with E-state index in [1.54, 1.807) is 0 Å². The van der Waals surface area contributed by atoms with Crippen LogP contribution in [0.4, 0.5) is 0 Å². The fourth-order valence-electron chi connectivity index (χ4n) is 0.354. The van der Waals surface area contributed by atoms with Crippen LogP contribution in [0.25, 0.3) is 0 Å². The Kier molecular flexibility index (Phi) is 2.11. The minimum absolute atomic E-state index is 0.778. The molecule has 0 fully saturated rings. The van der Waals surface area contributed by atoms with Crippen LogP contribution >= 0.6 is 24.2 Å². The van der Waals surface area contributed by atoms with Gasteiger partial charge in [-0.2, -0.15) is 0 Å². The minimum Gasteiger partial charge on any atom is -0.317 e. The van der Waals surface area contributed by atoms with Crippen molar-refractivity contribution in [2.24, 2.45) is 0 Å². The normalized spacial score (nSPS) is 17.8. The van der Waals surface area contributed by atoms with Gasteiger partial charge in [0.1, 0.15) is 4.99 Å². The molecule has 0 atom stereocenters. The number of thiocarbonyl (C=S) groups is 1. The van der Waals surface area contributed by atoms with E-state index in [4.69, 9.17) is 12.2 Å². The zero-order chi connectivity index (χ0) is 5.82. The highest BCUT2D eigenvalue weighted by Gasteiger charge is 1.87. The molecule has 1 heterocycles. The van der Waals surface area contributed by atoms with Crippen molar-refractivity contribution >= 4 is 29.2 Å². The lowest BCUT2D eigenvalue weighted by Gasteiger charge is -1.92. The van der Waals surface area contributed by atoms with E-state index in [2.05, 4.69) is 4.72 Å². The van der Waals surface area contributed by atoms with Gasteiger partial charge in [-0.25, -0.2) is 0 Å². The molecule has 0 aromatic rings. The average molecular weight is 143 g/mol. The molecule has 0 saturated heterocycles. The molecule has 1 nitrogen and oxygen atoms in total. The first-order valence-corrected chi connectivity index (χ1v) is 3.47. The second-order valence-corrected chi connectivity index (χ2v) is 2.42. The molecule has 1 aliphatic rings. The van der Waals surface area contributed by atoms with Crippen molar-refractivity contribution in [2.45, 2.75) is 0 Å². The predicted octanol–water partition coefficient (Wildman–Crippen LogP) is 1.64. The first kappa shape index (κ1) is 5.85. The van der Waals surface area contributed by atoms with E-state index in [1.807, 2.05) is 23.6 Å². The van der Waals surface area contributed by atoms with Crippen molar-refractivity contribution in [3.8, 4) is 0 Å². The molecule has 0 saturated carbocycles. The number of allylic oxidation sites excluding steroid dienone is 2. The van der Waals surface area contributed by atoms with Gasteiger partial charge in [0, 0.05) is 0 Å². The van der Waals surface area contributed by atoms with Crippen LogP contribution in [0, 0.1) is 0 Å². The van der Waals surface area contributed by atoms with Gasteiger partial charge in [-0.1, -0.05) is 24.4 Å². The quantitative estimate of drug-likeness (QED) is 0.409. The molecular formula is C5H5NS2. The zero-order valence-electron chi connectivity index (χ0n) is 4.13. The van der Waals surface area contributed by atoms with E-state index in [9.17, 15) is 0 Å². The molecular weight excluding hydrogens is 138 g/mol. The highest BCUT2D eigenvalue weighted by molar-refractivity contribution is 8.01. The molecule has 0 radical (unpaired) electrons. The summed E-state index contributed by atoms with van der Waals surface area (Å²) in [7, 11) is 0.